The molecule has 0 unspecified atom stereocenters. The van der Waals surface area contributed by atoms with Gasteiger partial charge >= 0.3 is 6.09 Å². The van der Waals surface area contributed by atoms with E-state index in [1.54, 1.807) is 6.20 Å². The number of carbonyl (C=O) groups excluding carboxylic acids is 1. The second kappa shape index (κ2) is 7.53. The van der Waals surface area contributed by atoms with Gasteiger partial charge in [0.25, 0.3) is 0 Å². The van der Waals surface area contributed by atoms with Crippen LogP contribution in [0, 0.1) is 11.8 Å². The van der Waals surface area contributed by atoms with E-state index in [9.17, 15) is 4.79 Å². The van der Waals surface area contributed by atoms with Crippen LogP contribution in [-0.2, 0) is 4.74 Å². The number of aromatic nitrogens is 1. The smallest absolute Gasteiger partial charge is 0.407 e. The van der Waals surface area contributed by atoms with Crippen LogP contribution >= 0.6 is 0 Å². The minimum absolute atomic E-state index is 0.415. The fraction of sp³-hybridized carbons (Fsp3) is 0.500. The summed E-state index contributed by atoms with van der Waals surface area (Å²) in [6.07, 6.45) is 1.89. The normalized spacial score (nSPS) is 10.3. The molecule has 0 spiro atoms. The predicted molar refractivity (Wildman–Crippen MR) is 84.3 cm³/mol. The van der Waals surface area contributed by atoms with E-state index in [1.807, 2.05) is 51.9 Å². The van der Waals surface area contributed by atoms with E-state index in [0.29, 0.717) is 13.0 Å². The zero-order chi connectivity index (χ0) is 15.9. The van der Waals surface area contributed by atoms with Crippen molar-refractivity contribution >= 4 is 11.9 Å². The Labute approximate surface area is 126 Å². The largest absolute Gasteiger partial charge is 0.444 e. The lowest BCUT2D eigenvalue weighted by Gasteiger charge is -2.19. The molecule has 0 aliphatic carbocycles. The van der Waals surface area contributed by atoms with Gasteiger partial charge in [-0.2, -0.15) is 0 Å². The Morgan fingerprint density at radius 2 is 2.10 bits per heavy atom. The number of rotatable bonds is 3. The molecule has 0 saturated carbocycles. The molecule has 0 radical (unpaired) electrons. The molecule has 5 heteroatoms. The summed E-state index contributed by atoms with van der Waals surface area (Å²) in [6, 6.07) is 3.85. The fourth-order valence-electron chi connectivity index (χ4n) is 1.43. The summed E-state index contributed by atoms with van der Waals surface area (Å²) in [5.41, 5.74) is 0.383. The van der Waals surface area contributed by atoms with Crippen LogP contribution in [-0.4, -0.2) is 37.3 Å². The third kappa shape index (κ3) is 7.21. The minimum Gasteiger partial charge on any atom is -0.444 e. The van der Waals surface area contributed by atoms with Crippen LogP contribution in [0.5, 0.6) is 0 Å². The number of amides is 1. The first kappa shape index (κ1) is 16.8. The van der Waals surface area contributed by atoms with Crippen LogP contribution in [0.1, 0.15) is 32.8 Å². The Morgan fingerprint density at radius 3 is 2.62 bits per heavy atom. The van der Waals surface area contributed by atoms with Crippen LogP contribution in [0.15, 0.2) is 18.3 Å². The molecule has 21 heavy (non-hydrogen) atoms. The van der Waals surface area contributed by atoms with Crippen LogP contribution in [0.25, 0.3) is 0 Å². The highest BCUT2D eigenvalue weighted by atomic mass is 16.6. The van der Waals surface area contributed by atoms with Crippen molar-refractivity contribution in [1.29, 1.82) is 0 Å². The van der Waals surface area contributed by atoms with Gasteiger partial charge in [-0.05, 0) is 32.9 Å². The maximum absolute atomic E-state index is 11.4. The van der Waals surface area contributed by atoms with Crippen molar-refractivity contribution < 1.29 is 9.53 Å². The molecule has 5 nitrogen and oxygen atoms in total. The molecule has 0 aliphatic heterocycles. The summed E-state index contributed by atoms with van der Waals surface area (Å²) in [5, 5.41) is 2.66. The number of pyridine rings is 1. The predicted octanol–water partition coefficient (Wildman–Crippen LogP) is 2.41. The summed E-state index contributed by atoms with van der Waals surface area (Å²) in [5.74, 6) is 6.90. The molecular formula is C16H23N3O2. The van der Waals surface area contributed by atoms with E-state index in [2.05, 4.69) is 22.1 Å². The molecule has 1 heterocycles. The Hall–Kier alpha value is -2.22. The lowest BCUT2D eigenvalue weighted by Crippen LogP contribution is -2.32. The average molecular weight is 289 g/mol. The summed E-state index contributed by atoms with van der Waals surface area (Å²) in [6.45, 7) is 5.95. The Morgan fingerprint density at radius 1 is 1.38 bits per heavy atom. The van der Waals surface area contributed by atoms with Crippen molar-refractivity contribution in [2.45, 2.75) is 32.8 Å². The van der Waals surface area contributed by atoms with Crippen molar-refractivity contribution in [1.82, 2.24) is 10.3 Å². The van der Waals surface area contributed by atoms with Crippen molar-refractivity contribution in [2.75, 3.05) is 25.5 Å². The van der Waals surface area contributed by atoms with Crippen molar-refractivity contribution in [2.24, 2.45) is 0 Å². The molecule has 1 aromatic heterocycles. The molecular weight excluding hydrogens is 266 g/mol. The molecule has 1 N–H and O–H groups in total. The Balaban J connectivity index is 2.35. The zero-order valence-corrected chi connectivity index (χ0v) is 13.4. The third-order valence-electron chi connectivity index (χ3n) is 2.36. The van der Waals surface area contributed by atoms with Gasteiger partial charge in [-0.1, -0.05) is 11.8 Å². The van der Waals surface area contributed by atoms with Gasteiger partial charge < -0.3 is 15.0 Å². The number of carbonyl (C=O) groups is 1. The van der Waals surface area contributed by atoms with Gasteiger partial charge in [0.2, 0.25) is 0 Å². The summed E-state index contributed by atoms with van der Waals surface area (Å²) < 4.78 is 5.13. The molecule has 0 aromatic carbocycles. The van der Waals surface area contributed by atoms with Gasteiger partial charge in [-0.15, -0.1) is 0 Å². The Bertz CT molecular complexity index is 519. The molecule has 1 rings (SSSR count). The van der Waals surface area contributed by atoms with Crippen LogP contribution < -0.4 is 10.2 Å². The lowest BCUT2D eigenvalue weighted by atomic mass is 10.2. The van der Waals surface area contributed by atoms with Crippen LogP contribution in [0.3, 0.4) is 0 Å². The van der Waals surface area contributed by atoms with Crippen molar-refractivity contribution in [3.8, 4) is 11.8 Å². The van der Waals surface area contributed by atoms with E-state index in [1.165, 1.54) is 0 Å². The maximum atomic E-state index is 11.4. The first-order valence-electron chi connectivity index (χ1n) is 6.87. The van der Waals surface area contributed by atoms with E-state index < -0.39 is 11.7 Å². The topological polar surface area (TPSA) is 54.5 Å². The second-order valence-corrected chi connectivity index (χ2v) is 5.78. The molecule has 0 aliphatic rings. The highest BCUT2D eigenvalue weighted by molar-refractivity contribution is 5.67. The SMILES string of the molecule is CN(C)c1ccc(C#CCCNC(=O)OC(C)(C)C)cn1. The van der Waals surface area contributed by atoms with Gasteiger partial charge in [0, 0.05) is 38.8 Å². The summed E-state index contributed by atoms with van der Waals surface area (Å²) in [7, 11) is 3.88. The summed E-state index contributed by atoms with van der Waals surface area (Å²) >= 11 is 0. The molecule has 0 fully saturated rings. The number of nitrogens with one attached hydrogen (secondary N) is 1. The monoisotopic (exact) mass is 289 g/mol. The number of hydrogen-bond acceptors (Lipinski definition) is 4. The van der Waals surface area contributed by atoms with E-state index in [0.717, 1.165) is 11.4 Å². The number of nitrogens with zero attached hydrogens (tertiary/aromatic N) is 2. The second-order valence-electron chi connectivity index (χ2n) is 5.78. The highest BCUT2D eigenvalue weighted by Gasteiger charge is 2.15. The van der Waals surface area contributed by atoms with Gasteiger partial charge in [0.15, 0.2) is 0 Å². The van der Waals surface area contributed by atoms with E-state index in [-0.39, 0.29) is 0 Å². The number of ether oxygens (including phenoxy) is 1. The fourth-order valence-corrected chi connectivity index (χ4v) is 1.43. The average Bonchev–Trinajstić information content (AvgIpc) is 2.36. The van der Waals surface area contributed by atoms with E-state index in [4.69, 9.17) is 4.74 Å². The van der Waals surface area contributed by atoms with Gasteiger partial charge in [-0.3, -0.25) is 0 Å². The number of hydrogen-bond donors (Lipinski definition) is 1. The number of alkyl carbamates (subject to hydrolysis) is 1. The van der Waals surface area contributed by atoms with Gasteiger partial charge in [0.05, 0.1) is 0 Å². The first-order chi connectivity index (χ1) is 9.78. The maximum Gasteiger partial charge on any atom is 0.407 e. The quantitative estimate of drug-likeness (QED) is 0.686. The minimum atomic E-state index is -0.477. The van der Waals surface area contributed by atoms with Crippen LogP contribution in [0.2, 0.25) is 0 Å². The number of anilines is 1. The van der Waals surface area contributed by atoms with Gasteiger partial charge in [-0.25, -0.2) is 9.78 Å². The van der Waals surface area contributed by atoms with Crippen molar-refractivity contribution in [3.63, 3.8) is 0 Å². The molecule has 0 atom stereocenters. The first-order valence-corrected chi connectivity index (χ1v) is 6.87. The standard InChI is InChI=1S/C16H23N3O2/c1-16(2,3)21-15(20)17-11-7-6-8-13-9-10-14(18-12-13)19(4)5/h9-10,12H,7,11H2,1-5H3,(H,17,20). The molecule has 1 amide bonds. The van der Waals surface area contributed by atoms with Gasteiger partial charge in [0.1, 0.15) is 11.4 Å². The lowest BCUT2D eigenvalue weighted by molar-refractivity contribution is 0.0529. The Kier molecular flexibility index (Phi) is 6.04. The molecule has 0 saturated heterocycles. The molecule has 1 aromatic rings. The van der Waals surface area contributed by atoms with Crippen molar-refractivity contribution in [3.05, 3.63) is 23.9 Å². The van der Waals surface area contributed by atoms with E-state index >= 15 is 0 Å². The third-order valence-corrected chi connectivity index (χ3v) is 2.36. The summed E-state index contributed by atoms with van der Waals surface area (Å²) in [4.78, 5) is 17.6. The highest BCUT2D eigenvalue weighted by Crippen LogP contribution is 2.07. The van der Waals surface area contributed by atoms with Crippen LogP contribution in [0.4, 0.5) is 10.6 Å². The zero-order valence-electron chi connectivity index (χ0n) is 13.4. The molecule has 114 valence electrons. The molecule has 0 bridgehead atoms.